The summed E-state index contributed by atoms with van der Waals surface area (Å²) in [5.41, 5.74) is 11.6. The van der Waals surface area contributed by atoms with Crippen molar-refractivity contribution in [2.75, 3.05) is 11.4 Å². The van der Waals surface area contributed by atoms with Gasteiger partial charge in [-0.15, -0.1) is 0 Å². The van der Waals surface area contributed by atoms with E-state index in [4.69, 9.17) is 10.1 Å². The lowest BCUT2D eigenvalue weighted by Crippen LogP contribution is -2.34. The van der Waals surface area contributed by atoms with Gasteiger partial charge in [-0.1, -0.05) is 38.0 Å². The number of hydrogen-bond donors (Lipinski definition) is 0. The Bertz CT molecular complexity index is 1120. The third kappa shape index (κ3) is 3.09. The average molecular weight is 417 g/mol. The number of aromatic nitrogens is 3. The molecule has 0 unspecified atom stereocenters. The Labute approximate surface area is 186 Å². The van der Waals surface area contributed by atoms with Gasteiger partial charge in [0.2, 0.25) is 0 Å². The number of anilines is 1. The van der Waals surface area contributed by atoms with Crippen molar-refractivity contribution in [2.45, 2.75) is 92.0 Å². The molecule has 0 amide bonds. The molecule has 0 radical (unpaired) electrons. The lowest BCUT2D eigenvalue weighted by atomic mass is 9.79. The fourth-order valence-corrected chi connectivity index (χ4v) is 5.98. The Morgan fingerprint density at radius 3 is 2.26 bits per heavy atom. The molecule has 2 aromatic heterocycles. The molecule has 164 valence electrons. The maximum Gasteiger partial charge on any atom is 0.165 e. The minimum Gasteiger partial charge on any atom is -0.353 e. The lowest BCUT2D eigenvalue weighted by Gasteiger charge is -2.28. The Hall–Kier alpha value is -2.36. The molecule has 2 aliphatic rings. The van der Waals surface area contributed by atoms with E-state index in [-0.39, 0.29) is 0 Å². The number of rotatable bonds is 5. The molecule has 5 rings (SSSR count). The summed E-state index contributed by atoms with van der Waals surface area (Å²) in [5, 5.41) is 5.34. The number of nitrogens with zero attached hydrogens (tertiary/aromatic N) is 4. The summed E-state index contributed by atoms with van der Waals surface area (Å²) >= 11 is 0. The van der Waals surface area contributed by atoms with Gasteiger partial charge in [0.1, 0.15) is 5.82 Å². The fraction of sp³-hybridized carbons (Fsp3) is 0.556. The van der Waals surface area contributed by atoms with E-state index in [1.54, 1.807) is 0 Å². The van der Waals surface area contributed by atoms with E-state index in [9.17, 15) is 0 Å². The average Bonchev–Trinajstić information content (AvgIpc) is 3.25. The molecule has 1 aromatic carbocycles. The molecular weight excluding hydrogens is 380 g/mol. The van der Waals surface area contributed by atoms with Crippen LogP contribution in [-0.2, 0) is 6.42 Å². The lowest BCUT2D eigenvalue weighted by molar-refractivity contribution is 0.410. The summed E-state index contributed by atoms with van der Waals surface area (Å²) in [6.45, 7) is 14.6. The number of aryl methyl sites for hydroxylation is 4. The second kappa shape index (κ2) is 7.65. The van der Waals surface area contributed by atoms with Crippen LogP contribution in [-0.4, -0.2) is 27.2 Å². The quantitative estimate of drug-likeness (QED) is 0.479. The van der Waals surface area contributed by atoms with Crippen molar-refractivity contribution in [1.82, 2.24) is 14.6 Å². The zero-order valence-corrected chi connectivity index (χ0v) is 20.0. The maximum absolute atomic E-state index is 5.34. The highest BCUT2D eigenvalue weighted by molar-refractivity contribution is 5.86. The maximum atomic E-state index is 5.34. The third-order valence-electron chi connectivity index (χ3n) is 7.75. The van der Waals surface area contributed by atoms with Crippen LogP contribution in [0.25, 0.3) is 16.8 Å². The molecule has 31 heavy (non-hydrogen) atoms. The molecular formula is C27H36N4. The molecule has 0 N–H and O–H groups in total. The van der Waals surface area contributed by atoms with Crippen molar-refractivity contribution >= 4 is 11.5 Å². The standard InChI is InChI=1S/C27H36N4/c1-7-21(8-2)30-13-12-22-19(6)28-26-24(23-17(4)14-16(3)15-18(23)5)25(20-10-9-11-20)29-31(26)27(22)30/h14-15,20-21H,7-13H2,1-6H3. The van der Waals surface area contributed by atoms with E-state index in [1.165, 1.54) is 82.7 Å². The van der Waals surface area contributed by atoms with Gasteiger partial charge in [0, 0.05) is 29.8 Å². The molecule has 0 bridgehead atoms. The fourth-order valence-electron chi connectivity index (χ4n) is 5.98. The SMILES string of the molecule is CCC(CC)N1CCc2c(C)nc3c(-c4c(C)cc(C)cc4C)c(C4CCC4)nn3c21. The topological polar surface area (TPSA) is 33.4 Å². The molecule has 1 saturated carbocycles. The first-order valence-corrected chi connectivity index (χ1v) is 12.2. The minimum absolute atomic E-state index is 0.564. The second-order valence-electron chi connectivity index (χ2n) is 9.81. The van der Waals surface area contributed by atoms with Gasteiger partial charge in [-0.05, 0) is 76.5 Å². The van der Waals surface area contributed by atoms with Crippen LogP contribution in [0.15, 0.2) is 12.1 Å². The first kappa shape index (κ1) is 20.5. The largest absolute Gasteiger partial charge is 0.353 e. The Balaban J connectivity index is 1.83. The van der Waals surface area contributed by atoms with Gasteiger partial charge in [0.05, 0.1) is 11.3 Å². The summed E-state index contributed by atoms with van der Waals surface area (Å²) in [4.78, 5) is 7.83. The summed E-state index contributed by atoms with van der Waals surface area (Å²) in [5.74, 6) is 1.88. The molecule has 3 aromatic rings. The molecule has 1 aliphatic carbocycles. The highest BCUT2D eigenvalue weighted by atomic mass is 15.4. The first-order valence-electron chi connectivity index (χ1n) is 12.2. The molecule has 3 heterocycles. The summed E-state index contributed by atoms with van der Waals surface area (Å²) in [6, 6.07) is 5.19. The van der Waals surface area contributed by atoms with E-state index in [1.807, 2.05) is 0 Å². The van der Waals surface area contributed by atoms with Crippen LogP contribution in [0, 0.1) is 27.7 Å². The van der Waals surface area contributed by atoms with Crippen LogP contribution in [0.2, 0.25) is 0 Å². The zero-order chi connectivity index (χ0) is 21.9. The van der Waals surface area contributed by atoms with Crippen LogP contribution < -0.4 is 4.90 Å². The van der Waals surface area contributed by atoms with Crippen LogP contribution in [0.3, 0.4) is 0 Å². The van der Waals surface area contributed by atoms with Crippen LogP contribution >= 0.6 is 0 Å². The second-order valence-corrected chi connectivity index (χ2v) is 9.81. The van der Waals surface area contributed by atoms with E-state index in [0.29, 0.717) is 12.0 Å². The highest BCUT2D eigenvalue weighted by Gasteiger charge is 2.34. The first-order chi connectivity index (χ1) is 14.9. The molecule has 0 atom stereocenters. The van der Waals surface area contributed by atoms with Gasteiger partial charge in [0.25, 0.3) is 0 Å². The Morgan fingerprint density at radius 1 is 1.00 bits per heavy atom. The van der Waals surface area contributed by atoms with Crippen LogP contribution in [0.1, 0.15) is 85.5 Å². The van der Waals surface area contributed by atoms with Crippen molar-refractivity contribution < 1.29 is 0 Å². The van der Waals surface area contributed by atoms with Gasteiger partial charge in [-0.3, -0.25) is 0 Å². The van der Waals surface area contributed by atoms with Crippen LogP contribution in [0.5, 0.6) is 0 Å². The van der Waals surface area contributed by atoms with Gasteiger partial charge >= 0.3 is 0 Å². The van der Waals surface area contributed by atoms with Gasteiger partial charge in [-0.25, -0.2) is 4.98 Å². The van der Waals surface area contributed by atoms with E-state index < -0.39 is 0 Å². The van der Waals surface area contributed by atoms with Gasteiger partial charge in [-0.2, -0.15) is 9.61 Å². The monoisotopic (exact) mass is 416 g/mol. The normalized spacial score (nSPS) is 16.4. The molecule has 4 heteroatoms. The van der Waals surface area contributed by atoms with Crippen molar-refractivity contribution in [3.8, 4) is 11.1 Å². The molecule has 0 spiro atoms. The van der Waals surface area contributed by atoms with Crippen molar-refractivity contribution in [3.63, 3.8) is 0 Å². The number of fused-ring (bicyclic) bond motifs is 3. The van der Waals surface area contributed by atoms with Crippen molar-refractivity contribution in [2.24, 2.45) is 0 Å². The van der Waals surface area contributed by atoms with Gasteiger partial charge < -0.3 is 4.90 Å². The Morgan fingerprint density at radius 2 is 1.68 bits per heavy atom. The molecule has 1 fully saturated rings. The summed E-state index contributed by atoms with van der Waals surface area (Å²) in [6.07, 6.45) is 7.22. The Kier molecular flexibility index (Phi) is 5.07. The number of hydrogen-bond acceptors (Lipinski definition) is 3. The number of benzene rings is 1. The highest BCUT2D eigenvalue weighted by Crippen LogP contribution is 2.45. The van der Waals surface area contributed by atoms with Crippen LogP contribution in [0.4, 0.5) is 5.82 Å². The van der Waals surface area contributed by atoms with Crippen molar-refractivity contribution in [1.29, 1.82) is 0 Å². The minimum atomic E-state index is 0.564. The zero-order valence-electron chi connectivity index (χ0n) is 20.0. The van der Waals surface area contributed by atoms with E-state index in [2.05, 4.69) is 63.1 Å². The predicted molar refractivity (Wildman–Crippen MR) is 129 cm³/mol. The molecule has 0 saturated heterocycles. The molecule has 1 aliphatic heterocycles. The summed E-state index contributed by atoms with van der Waals surface area (Å²) < 4.78 is 2.23. The van der Waals surface area contributed by atoms with Crippen molar-refractivity contribution in [3.05, 3.63) is 45.8 Å². The summed E-state index contributed by atoms with van der Waals surface area (Å²) in [7, 11) is 0. The smallest absolute Gasteiger partial charge is 0.165 e. The third-order valence-corrected chi connectivity index (χ3v) is 7.75. The molecule has 4 nitrogen and oxygen atoms in total. The van der Waals surface area contributed by atoms with Gasteiger partial charge in [0.15, 0.2) is 5.65 Å². The predicted octanol–water partition coefficient (Wildman–Crippen LogP) is 6.45. The van der Waals surface area contributed by atoms with E-state index in [0.717, 1.165) is 18.6 Å². The van der Waals surface area contributed by atoms with E-state index >= 15 is 0 Å².